The predicted molar refractivity (Wildman–Crippen MR) is 119 cm³/mol. The van der Waals surface area contributed by atoms with E-state index in [4.69, 9.17) is 22.7 Å². The summed E-state index contributed by atoms with van der Waals surface area (Å²) in [6.45, 7) is 0.173. The minimum absolute atomic E-state index is 0.0288. The van der Waals surface area contributed by atoms with Gasteiger partial charge in [0.1, 0.15) is 5.82 Å². The molecule has 6 N–H and O–H groups in total. The standard InChI is InChI=1S/C20H20ClFN6O3S/c21-13-3-1-2-11(16(13)22)8-27-19(31)20-28(6-7-32-20)15(29)10-26-14-9-25-5-4-12(14)17(23)18(24)30/h1-5,9,20,23,26H,6-8,10H2,(H2,24,30)(H,27,31)/p+1/t20-/m0/s1. The van der Waals surface area contributed by atoms with E-state index in [1.807, 2.05) is 0 Å². The second-order valence-electron chi connectivity index (χ2n) is 6.79. The van der Waals surface area contributed by atoms with E-state index < -0.39 is 23.0 Å². The maximum absolute atomic E-state index is 14.0. The number of carbonyl (C=O) groups excluding carboxylic acids is 3. The van der Waals surface area contributed by atoms with Crippen LogP contribution in [0, 0.1) is 5.82 Å². The molecule has 3 rings (SSSR count). The molecule has 3 amide bonds. The second kappa shape index (κ2) is 10.4. The number of hydrogen-bond donors (Lipinski definition) is 4. The first-order valence-corrected chi connectivity index (χ1v) is 10.9. The average molecular weight is 480 g/mol. The monoisotopic (exact) mass is 479 g/mol. The van der Waals surface area contributed by atoms with Crippen LogP contribution < -0.4 is 21.8 Å². The maximum Gasteiger partial charge on any atom is 0.313 e. The zero-order chi connectivity index (χ0) is 23.3. The van der Waals surface area contributed by atoms with Crippen molar-refractivity contribution in [3.63, 3.8) is 0 Å². The number of nitrogens with one attached hydrogen (secondary N) is 2. The number of thioether (sulfide) groups is 1. The summed E-state index contributed by atoms with van der Waals surface area (Å²) in [5.74, 6) is -1.56. The van der Waals surface area contributed by atoms with Gasteiger partial charge < -0.3 is 21.3 Å². The fraction of sp³-hybridized carbons (Fsp3) is 0.250. The first kappa shape index (κ1) is 23.5. The van der Waals surface area contributed by atoms with E-state index in [0.29, 0.717) is 23.5 Å². The lowest BCUT2D eigenvalue weighted by atomic mass is 10.1. The highest BCUT2D eigenvalue weighted by Crippen LogP contribution is 2.25. The van der Waals surface area contributed by atoms with Crippen LogP contribution in [0.3, 0.4) is 0 Å². The Morgan fingerprint density at radius 1 is 1.34 bits per heavy atom. The van der Waals surface area contributed by atoms with Crippen LogP contribution in [0.4, 0.5) is 10.1 Å². The number of benzene rings is 1. The fourth-order valence-corrected chi connectivity index (χ4v) is 4.43. The predicted octanol–water partition coefficient (Wildman–Crippen LogP) is -0.463. The van der Waals surface area contributed by atoms with E-state index in [9.17, 15) is 18.8 Å². The summed E-state index contributed by atoms with van der Waals surface area (Å²) in [6, 6.07) is 6.04. The van der Waals surface area contributed by atoms with Crippen molar-refractivity contribution in [2.24, 2.45) is 5.73 Å². The van der Waals surface area contributed by atoms with Crippen molar-refractivity contribution in [3.05, 3.63) is 58.6 Å². The molecule has 32 heavy (non-hydrogen) atoms. The van der Waals surface area contributed by atoms with Crippen molar-refractivity contribution in [1.29, 1.82) is 0 Å². The Labute approximate surface area is 192 Å². The second-order valence-corrected chi connectivity index (χ2v) is 8.39. The van der Waals surface area contributed by atoms with Crippen LogP contribution in [-0.4, -0.2) is 57.5 Å². The number of anilines is 1. The molecule has 0 aliphatic carbocycles. The van der Waals surface area contributed by atoms with Crippen LogP contribution >= 0.6 is 23.4 Å². The number of hydrogen-bond acceptors (Lipinski definition) is 6. The van der Waals surface area contributed by atoms with Gasteiger partial charge in [0, 0.05) is 30.6 Å². The first-order chi connectivity index (χ1) is 15.3. The normalized spacial score (nSPS) is 15.3. The molecular formula is C20H21ClFN6O3S+. The van der Waals surface area contributed by atoms with Crippen LogP contribution in [0.2, 0.25) is 5.02 Å². The quantitative estimate of drug-likeness (QED) is 0.377. The Hall–Kier alpha value is -3.18. The van der Waals surface area contributed by atoms with Gasteiger partial charge in [-0.25, -0.2) is 9.80 Å². The average Bonchev–Trinajstić information content (AvgIpc) is 3.28. The van der Waals surface area contributed by atoms with Gasteiger partial charge in [0.25, 0.3) is 11.6 Å². The number of nitrogens with two attached hydrogens (primary N) is 2. The molecule has 0 bridgehead atoms. The largest absolute Gasteiger partial charge is 0.374 e. The molecule has 0 radical (unpaired) electrons. The van der Waals surface area contributed by atoms with Crippen LogP contribution in [0.25, 0.3) is 0 Å². The van der Waals surface area contributed by atoms with E-state index >= 15 is 0 Å². The molecule has 1 aromatic heterocycles. The van der Waals surface area contributed by atoms with E-state index in [0.717, 1.165) is 0 Å². The Morgan fingerprint density at radius 2 is 2.12 bits per heavy atom. The van der Waals surface area contributed by atoms with Gasteiger partial charge in [0.15, 0.2) is 5.37 Å². The number of aromatic nitrogens is 1. The van der Waals surface area contributed by atoms with Gasteiger partial charge >= 0.3 is 5.91 Å². The Bertz CT molecular complexity index is 1070. The minimum atomic E-state index is -0.797. The van der Waals surface area contributed by atoms with Crippen molar-refractivity contribution in [2.75, 3.05) is 24.2 Å². The van der Waals surface area contributed by atoms with Crippen molar-refractivity contribution in [2.45, 2.75) is 11.9 Å². The van der Waals surface area contributed by atoms with Crippen molar-refractivity contribution in [3.8, 4) is 0 Å². The molecule has 1 aliphatic heterocycles. The molecule has 168 valence electrons. The number of primary amides is 1. The number of carbonyl (C=O) groups is 3. The topological polar surface area (TPSA) is 143 Å². The summed E-state index contributed by atoms with van der Waals surface area (Å²) in [4.78, 5) is 42.2. The third-order valence-corrected chi connectivity index (χ3v) is 6.22. The van der Waals surface area contributed by atoms with Gasteiger partial charge in [0.05, 0.1) is 29.0 Å². The van der Waals surface area contributed by atoms with Crippen molar-refractivity contribution < 1.29 is 24.2 Å². The van der Waals surface area contributed by atoms with E-state index in [1.165, 1.54) is 47.3 Å². The molecule has 2 aromatic rings. The summed E-state index contributed by atoms with van der Waals surface area (Å²) in [7, 11) is 0. The third kappa shape index (κ3) is 5.35. The van der Waals surface area contributed by atoms with Crippen molar-refractivity contribution in [1.82, 2.24) is 15.2 Å². The van der Waals surface area contributed by atoms with Crippen LogP contribution in [0.15, 0.2) is 36.7 Å². The summed E-state index contributed by atoms with van der Waals surface area (Å²) in [5.41, 5.74) is 6.01. The van der Waals surface area contributed by atoms with Crippen LogP contribution in [-0.2, 0) is 20.9 Å². The van der Waals surface area contributed by atoms with Crippen molar-refractivity contribution >= 4 is 52.5 Å². The number of rotatable bonds is 8. The lowest BCUT2D eigenvalue weighted by molar-refractivity contribution is -0.135. The van der Waals surface area contributed by atoms with Gasteiger partial charge in [-0.3, -0.25) is 19.4 Å². The highest BCUT2D eigenvalue weighted by molar-refractivity contribution is 8.00. The highest BCUT2D eigenvalue weighted by atomic mass is 35.5. The third-order valence-electron chi connectivity index (χ3n) is 4.73. The van der Waals surface area contributed by atoms with Gasteiger partial charge in [-0.05, 0) is 12.1 Å². The van der Waals surface area contributed by atoms with Gasteiger partial charge in [-0.15, -0.1) is 11.8 Å². The summed E-state index contributed by atoms with van der Waals surface area (Å²) in [6.07, 6.45) is 2.86. The molecule has 1 aliphatic rings. The lowest BCUT2D eigenvalue weighted by Crippen LogP contribution is -2.49. The maximum atomic E-state index is 14.0. The molecule has 0 unspecified atom stereocenters. The zero-order valence-corrected chi connectivity index (χ0v) is 18.4. The highest BCUT2D eigenvalue weighted by Gasteiger charge is 2.34. The Balaban J connectivity index is 1.61. The summed E-state index contributed by atoms with van der Waals surface area (Å²) in [5, 5.41) is 10.5. The molecule has 9 nitrogen and oxygen atoms in total. The van der Waals surface area contributed by atoms with Crippen LogP contribution in [0.1, 0.15) is 11.1 Å². The van der Waals surface area contributed by atoms with Gasteiger partial charge in [0.2, 0.25) is 5.91 Å². The summed E-state index contributed by atoms with van der Waals surface area (Å²) >= 11 is 7.07. The molecule has 1 atom stereocenters. The fourth-order valence-electron chi connectivity index (χ4n) is 3.07. The summed E-state index contributed by atoms with van der Waals surface area (Å²) < 4.78 is 14.0. The van der Waals surface area contributed by atoms with E-state index in [-0.39, 0.29) is 35.3 Å². The molecule has 0 spiro atoms. The van der Waals surface area contributed by atoms with Gasteiger partial charge in [-0.2, -0.15) is 0 Å². The molecular weight excluding hydrogens is 459 g/mol. The van der Waals surface area contributed by atoms with E-state index in [2.05, 4.69) is 15.6 Å². The lowest BCUT2D eigenvalue weighted by Gasteiger charge is -2.23. The van der Waals surface area contributed by atoms with Gasteiger partial charge in [-0.1, -0.05) is 23.7 Å². The molecule has 12 heteroatoms. The molecule has 1 saturated heterocycles. The first-order valence-electron chi connectivity index (χ1n) is 9.51. The van der Waals surface area contributed by atoms with E-state index in [1.54, 1.807) is 6.07 Å². The number of halogens is 2. The molecule has 0 saturated carbocycles. The Morgan fingerprint density at radius 3 is 2.88 bits per heavy atom. The SMILES string of the molecule is NC(=O)C(=[NH2+])c1ccncc1NCC(=O)N1CCS[C@H]1C(=O)NCc1cccc(Cl)c1F. The van der Waals surface area contributed by atoms with Crippen LogP contribution in [0.5, 0.6) is 0 Å². The smallest absolute Gasteiger partial charge is 0.313 e. The Kier molecular flexibility index (Phi) is 7.65. The zero-order valence-electron chi connectivity index (χ0n) is 16.8. The minimum Gasteiger partial charge on any atom is -0.374 e. The number of amides is 3. The molecule has 1 fully saturated rings. The molecule has 1 aromatic carbocycles. The number of nitrogens with zero attached hydrogens (tertiary/aromatic N) is 2. The molecule has 2 heterocycles. The number of pyridine rings is 1.